The molecule has 3 aromatic carbocycles. The maximum absolute atomic E-state index is 13.3. The zero-order valence-electron chi connectivity index (χ0n) is 15.2. The molecule has 0 aliphatic rings. The first-order valence-corrected chi connectivity index (χ1v) is 8.87. The van der Waals surface area contributed by atoms with Gasteiger partial charge in [0.1, 0.15) is 23.8 Å². The van der Waals surface area contributed by atoms with Crippen LogP contribution in [0.5, 0.6) is 5.75 Å². The number of nitrogens with one attached hydrogen (secondary N) is 1. The summed E-state index contributed by atoms with van der Waals surface area (Å²) in [5.74, 6) is 0.128. The summed E-state index contributed by atoms with van der Waals surface area (Å²) in [6, 6.07) is 21.0. The van der Waals surface area contributed by atoms with Gasteiger partial charge in [-0.15, -0.1) is 0 Å². The summed E-state index contributed by atoms with van der Waals surface area (Å²) in [6.07, 6.45) is 0. The normalized spacial score (nSPS) is 10.8. The number of aryl methyl sites for hydroxylation is 1. The first kappa shape index (κ1) is 17.8. The van der Waals surface area contributed by atoms with Gasteiger partial charge in [0.2, 0.25) is 0 Å². The maximum atomic E-state index is 13.3. The third kappa shape index (κ3) is 3.60. The van der Waals surface area contributed by atoms with Crippen LogP contribution >= 0.6 is 0 Å². The molecule has 0 spiro atoms. The predicted molar refractivity (Wildman–Crippen MR) is 106 cm³/mol. The average molecular weight is 375 g/mol. The summed E-state index contributed by atoms with van der Waals surface area (Å²) in [4.78, 5) is 12.9. The van der Waals surface area contributed by atoms with Crippen LogP contribution < -0.4 is 10.1 Å². The number of amides is 1. The van der Waals surface area contributed by atoms with E-state index in [9.17, 15) is 9.18 Å². The van der Waals surface area contributed by atoms with Gasteiger partial charge < -0.3 is 14.5 Å². The number of para-hydroxylation sites is 2. The van der Waals surface area contributed by atoms with Crippen molar-refractivity contribution in [1.82, 2.24) is 0 Å². The monoisotopic (exact) mass is 375 g/mol. The molecular formula is C23H18FNO3. The third-order valence-corrected chi connectivity index (χ3v) is 4.47. The van der Waals surface area contributed by atoms with Crippen molar-refractivity contribution in [3.63, 3.8) is 0 Å². The molecule has 1 amide bonds. The molecular weight excluding hydrogens is 357 g/mol. The van der Waals surface area contributed by atoms with Gasteiger partial charge in [0.05, 0.1) is 0 Å². The summed E-state index contributed by atoms with van der Waals surface area (Å²) in [7, 11) is 0. The van der Waals surface area contributed by atoms with E-state index < -0.39 is 5.91 Å². The van der Waals surface area contributed by atoms with Gasteiger partial charge in [-0.25, -0.2) is 4.39 Å². The molecule has 4 aromatic rings. The van der Waals surface area contributed by atoms with E-state index in [4.69, 9.17) is 9.15 Å². The quantitative estimate of drug-likeness (QED) is 0.486. The van der Waals surface area contributed by atoms with Crippen LogP contribution in [0.3, 0.4) is 0 Å². The van der Waals surface area contributed by atoms with Crippen LogP contribution in [0.2, 0.25) is 0 Å². The SMILES string of the molecule is Cc1cc(F)ccc1NC(=O)c1oc2ccccc2c1COc1ccccc1. The molecule has 1 N–H and O–H groups in total. The number of furan rings is 1. The summed E-state index contributed by atoms with van der Waals surface area (Å²) < 4.78 is 25.0. The van der Waals surface area contributed by atoms with E-state index in [1.54, 1.807) is 13.0 Å². The summed E-state index contributed by atoms with van der Waals surface area (Å²) in [5, 5.41) is 3.62. The van der Waals surface area contributed by atoms with Crippen LogP contribution in [0.4, 0.5) is 10.1 Å². The Labute approximate surface area is 161 Å². The summed E-state index contributed by atoms with van der Waals surface area (Å²) in [5.41, 5.74) is 2.43. The lowest BCUT2D eigenvalue weighted by Gasteiger charge is -2.09. The molecule has 1 aromatic heterocycles. The van der Waals surface area contributed by atoms with Gasteiger partial charge in [0.25, 0.3) is 5.91 Å². The van der Waals surface area contributed by atoms with Crippen molar-refractivity contribution in [1.29, 1.82) is 0 Å². The highest BCUT2D eigenvalue weighted by atomic mass is 19.1. The summed E-state index contributed by atoms with van der Waals surface area (Å²) in [6.45, 7) is 1.92. The van der Waals surface area contributed by atoms with Gasteiger partial charge in [-0.05, 0) is 48.9 Å². The molecule has 0 aliphatic carbocycles. The van der Waals surface area contributed by atoms with E-state index in [1.165, 1.54) is 18.2 Å². The number of carbonyl (C=O) groups is 1. The minimum atomic E-state index is -0.405. The largest absolute Gasteiger partial charge is 0.489 e. The second kappa shape index (κ2) is 7.56. The molecule has 1 heterocycles. The van der Waals surface area contributed by atoms with Crippen LogP contribution in [0.1, 0.15) is 21.7 Å². The fourth-order valence-corrected chi connectivity index (χ4v) is 3.04. The minimum absolute atomic E-state index is 0.181. The molecule has 0 saturated carbocycles. The molecule has 0 atom stereocenters. The average Bonchev–Trinajstić information content (AvgIpc) is 3.08. The van der Waals surface area contributed by atoms with Crippen LogP contribution in [-0.2, 0) is 6.61 Å². The maximum Gasteiger partial charge on any atom is 0.291 e. The molecule has 0 saturated heterocycles. The molecule has 0 fully saturated rings. The Balaban J connectivity index is 1.66. The number of hydrogen-bond acceptors (Lipinski definition) is 3. The molecule has 0 radical (unpaired) electrons. The molecule has 4 rings (SSSR count). The van der Waals surface area contributed by atoms with E-state index in [1.807, 2.05) is 48.5 Å². The van der Waals surface area contributed by atoms with Crippen molar-refractivity contribution in [3.8, 4) is 5.75 Å². The highest BCUT2D eigenvalue weighted by Gasteiger charge is 2.21. The summed E-state index contributed by atoms with van der Waals surface area (Å²) >= 11 is 0. The van der Waals surface area contributed by atoms with Crippen molar-refractivity contribution < 1.29 is 18.3 Å². The first-order chi connectivity index (χ1) is 13.6. The lowest BCUT2D eigenvalue weighted by molar-refractivity contribution is 0.0995. The highest BCUT2D eigenvalue weighted by Crippen LogP contribution is 2.28. The zero-order chi connectivity index (χ0) is 19.5. The second-order valence-electron chi connectivity index (χ2n) is 6.42. The molecule has 140 valence electrons. The topological polar surface area (TPSA) is 51.5 Å². The number of fused-ring (bicyclic) bond motifs is 1. The number of halogens is 1. The van der Waals surface area contributed by atoms with Crippen molar-refractivity contribution >= 4 is 22.6 Å². The Morgan fingerprint density at radius 3 is 2.57 bits per heavy atom. The Morgan fingerprint density at radius 2 is 1.79 bits per heavy atom. The van der Waals surface area contributed by atoms with Crippen molar-refractivity contribution in [3.05, 3.63) is 95.5 Å². The Hall–Kier alpha value is -3.60. The molecule has 0 aliphatic heterocycles. The second-order valence-corrected chi connectivity index (χ2v) is 6.42. The van der Waals surface area contributed by atoms with Crippen LogP contribution in [0, 0.1) is 12.7 Å². The molecule has 28 heavy (non-hydrogen) atoms. The van der Waals surface area contributed by atoms with Crippen LogP contribution in [0.15, 0.2) is 77.2 Å². The van der Waals surface area contributed by atoms with Gasteiger partial charge in [0, 0.05) is 16.6 Å². The van der Waals surface area contributed by atoms with Crippen molar-refractivity contribution in [2.45, 2.75) is 13.5 Å². The number of benzene rings is 3. The number of hydrogen-bond donors (Lipinski definition) is 1. The molecule has 0 unspecified atom stereocenters. The van der Waals surface area contributed by atoms with E-state index >= 15 is 0 Å². The van der Waals surface area contributed by atoms with E-state index in [-0.39, 0.29) is 18.2 Å². The van der Waals surface area contributed by atoms with Gasteiger partial charge in [0.15, 0.2) is 5.76 Å². The predicted octanol–water partition coefficient (Wildman–Crippen LogP) is 5.71. The Bertz CT molecular complexity index is 1140. The van der Waals surface area contributed by atoms with Crippen molar-refractivity contribution in [2.75, 3.05) is 5.32 Å². The lowest BCUT2D eigenvalue weighted by Crippen LogP contribution is -2.14. The standard InChI is InChI=1S/C23H18FNO3/c1-15-13-16(24)11-12-20(15)25-23(26)22-19(14-27-17-7-3-2-4-8-17)18-9-5-6-10-21(18)28-22/h2-13H,14H2,1H3,(H,25,26). The Kier molecular flexibility index (Phi) is 4.81. The van der Waals surface area contributed by atoms with Gasteiger partial charge in [-0.1, -0.05) is 36.4 Å². The molecule has 0 bridgehead atoms. The van der Waals surface area contributed by atoms with E-state index in [0.717, 1.165) is 5.39 Å². The van der Waals surface area contributed by atoms with E-state index in [0.29, 0.717) is 28.1 Å². The fourth-order valence-electron chi connectivity index (χ4n) is 3.04. The Morgan fingerprint density at radius 1 is 1.04 bits per heavy atom. The number of carbonyl (C=O) groups excluding carboxylic acids is 1. The van der Waals surface area contributed by atoms with Crippen LogP contribution in [0.25, 0.3) is 11.0 Å². The highest BCUT2D eigenvalue weighted by molar-refractivity contribution is 6.06. The number of rotatable bonds is 5. The van der Waals surface area contributed by atoms with Gasteiger partial charge in [-0.2, -0.15) is 0 Å². The molecule has 5 heteroatoms. The third-order valence-electron chi connectivity index (χ3n) is 4.47. The number of anilines is 1. The number of ether oxygens (including phenoxy) is 1. The lowest BCUT2D eigenvalue weighted by atomic mass is 10.1. The minimum Gasteiger partial charge on any atom is -0.489 e. The van der Waals surface area contributed by atoms with Crippen molar-refractivity contribution in [2.24, 2.45) is 0 Å². The fraction of sp³-hybridized carbons (Fsp3) is 0.0870. The van der Waals surface area contributed by atoms with Crippen LogP contribution in [-0.4, -0.2) is 5.91 Å². The first-order valence-electron chi connectivity index (χ1n) is 8.87. The van der Waals surface area contributed by atoms with Gasteiger partial charge >= 0.3 is 0 Å². The van der Waals surface area contributed by atoms with E-state index in [2.05, 4.69) is 5.32 Å². The zero-order valence-corrected chi connectivity index (χ0v) is 15.2. The van der Waals surface area contributed by atoms with Gasteiger partial charge in [-0.3, -0.25) is 4.79 Å². The smallest absolute Gasteiger partial charge is 0.291 e. The molecule has 4 nitrogen and oxygen atoms in total.